The summed E-state index contributed by atoms with van der Waals surface area (Å²) >= 11 is 7.23. The van der Waals surface area contributed by atoms with Gasteiger partial charge in [0.1, 0.15) is 16.4 Å². The maximum atomic E-state index is 13.4. The Morgan fingerprint density at radius 3 is 2.19 bits per heavy atom. The summed E-state index contributed by atoms with van der Waals surface area (Å²) in [5.41, 5.74) is 3.70. The summed E-state index contributed by atoms with van der Waals surface area (Å²) in [7, 11) is 1.56. The van der Waals surface area contributed by atoms with E-state index in [4.69, 9.17) is 16.3 Å². The van der Waals surface area contributed by atoms with Crippen LogP contribution < -0.4 is 15.0 Å². The van der Waals surface area contributed by atoms with Crippen molar-refractivity contribution in [2.75, 3.05) is 17.3 Å². The highest BCUT2D eigenvalue weighted by atomic mass is 35.5. The number of thioether (sulfide) groups is 1. The second-order valence-corrected chi connectivity index (χ2v) is 8.85. The maximum Gasteiger partial charge on any atom is 0.283 e. The van der Waals surface area contributed by atoms with Crippen LogP contribution in [0.2, 0.25) is 5.02 Å². The molecule has 5 nitrogen and oxygen atoms in total. The van der Waals surface area contributed by atoms with E-state index >= 15 is 0 Å². The first-order valence-electron chi connectivity index (χ1n) is 9.92. The van der Waals surface area contributed by atoms with Crippen LogP contribution in [0.4, 0.5) is 11.4 Å². The van der Waals surface area contributed by atoms with E-state index in [0.29, 0.717) is 21.4 Å². The average molecular weight is 465 g/mol. The summed E-state index contributed by atoms with van der Waals surface area (Å²) in [5, 5.41) is 3.79. The number of carbonyl (C=O) groups excluding carboxylic acids is 2. The zero-order chi connectivity index (χ0) is 22.8. The number of nitrogens with zero attached hydrogens (tertiary/aromatic N) is 1. The van der Waals surface area contributed by atoms with Crippen molar-refractivity contribution in [2.24, 2.45) is 0 Å². The Balaban J connectivity index is 1.73. The van der Waals surface area contributed by atoms with Crippen LogP contribution in [0.25, 0.3) is 0 Å². The number of anilines is 2. The van der Waals surface area contributed by atoms with Gasteiger partial charge >= 0.3 is 0 Å². The normalized spacial score (nSPS) is 13.7. The van der Waals surface area contributed by atoms with Crippen molar-refractivity contribution in [3.8, 4) is 5.75 Å². The fraction of sp³-hybridized carbons (Fsp3) is 0.120. The molecule has 32 heavy (non-hydrogen) atoms. The Morgan fingerprint density at radius 2 is 1.56 bits per heavy atom. The van der Waals surface area contributed by atoms with Crippen molar-refractivity contribution < 1.29 is 14.3 Å². The number of rotatable bonds is 6. The van der Waals surface area contributed by atoms with Crippen molar-refractivity contribution in [3.05, 3.63) is 93.5 Å². The Hall–Kier alpha value is -3.22. The number of halogens is 1. The van der Waals surface area contributed by atoms with Gasteiger partial charge in [0.05, 0.1) is 12.8 Å². The molecule has 0 saturated heterocycles. The van der Waals surface area contributed by atoms with Gasteiger partial charge in [-0.1, -0.05) is 29.4 Å². The zero-order valence-electron chi connectivity index (χ0n) is 17.8. The van der Waals surface area contributed by atoms with Gasteiger partial charge in [0.25, 0.3) is 11.8 Å². The van der Waals surface area contributed by atoms with E-state index in [0.717, 1.165) is 21.7 Å². The van der Waals surface area contributed by atoms with Crippen LogP contribution in [0.1, 0.15) is 11.1 Å². The smallest absolute Gasteiger partial charge is 0.283 e. The lowest BCUT2D eigenvalue weighted by Crippen LogP contribution is -2.32. The largest absolute Gasteiger partial charge is 0.497 e. The van der Waals surface area contributed by atoms with Gasteiger partial charge < -0.3 is 10.1 Å². The Labute approximate surface area is 196 Å². The minimum absolute atomic E-state index is 0.244. The SMILES string of the molecule is COc1ccc(N2C(=O)C(Nc3ccc(C)c(C)c3)=C(Sc3ccc(Cl)cc3)C2=O)cc1. The summed E-state index contributed by atoms with van der Waals surface area (Å²) in [6, 6.07) is 19.8. The van der Waals surface area contributed by atoms with Crippen molar-refractivity contribution in [1.29, 1.82) is 0 Å². The minimum atomic E-state index is -0.408. The molecule has 2 amide bonds. The number of imide groups is 1. The van der Waals surface area contributed by atoms with Crippen molar-refractivity contribution >= 4 is 46.6 Å². The summed E-state index contributed by atoms with van der Waals surface area (Å²) in [6.07, 6.45) is 0. The van der Waals surface area contributed by atoms with Crippen molar-refractivity contribution in [2.45, 2.75) is 18.7 Å². The summed E-state index contributed by atoms with van der Waals surface area (Å²) in [6.45, 7) is 4.03. The Bertz CT molecular complexity index is 1220. The van der Waals surface area contributed by atoms with Crippen LogP contribution in [0.15, 0.2) is 82.2 Å². The van der Waals surface area contributed by atoms with Crippen LogP contribution >= 0.6 is 23.4 Å². The predicted octanol–water partition coefficient (Wildman–Crippen LogP) is 5.95. The standard InChI is InChI=1S/C25H21ClN2O3S/c1-15-4-7-18(14-16(15)2)27-22-23(32-21-12-5-17(26)6-13-21)25(30)28(24(22)29)19-8-10-20(31-3)11-9-19/h4-14,27H,1-3H3. The van der Waals surface area contributed by atoms with Gasteiger partial charge in [-0.25, -0.2) is 4.90 Å². The number of hydrogen-bond donors (Lipinski definition) is 1. The summed E-state index contributed by atoms with van der Waals surface area (Å²) < 4.78 is 5.19. The zero-order valence-corrected chi connectivity index (χ0v) is 19.4. The van der Waals surface area contributed by atoms with Crippen LogP contribution in [0, 0.1) is 13.8 Å². The number of amides is 2. The van der Waals surface area contributed by atoms with Crippen molar-refractivity contribution in [3.63, 3.8) is 0 Å². The number of benzene rings is 3. The molecule has 162 valence electrons. The number of methoxy groups -OCH3 is 1. The first-order valence-corrected chi connectivity index (χ1v) is 11.1. The molecule has 0 fully saturated rings. The summed E-state index contributed by atoms with van der Waals surface area (Å²) in [5.74, 6) is -0.147. The van der Waals surface area contributed by atoms with Gasteiger partial charge in [0.15, 0.2) is 0 Å². The number of hydrogen-bond acceptors (Lipinski definition) is 5. The van der Waals surface area contributed by atoms with E-state index < -0.39 is 5.91 Å². The number of ether oxygens (including phenoxy) is 1. The van der Waals surface area contributed by atoms with Crippen LogP contribution in [-0.4, -0.2) is 18.9 Å². The van der Waals surface area contributed by atoms with E-state index in [1.807, 2.05) is 44.2 Å². The lowest BCUT2D eigenvalue weighted by atomic mass is 10.1. The van der Waals surface area contributed by atoms with Gasteiger partial charge in [-0.2, -0.15) is 0 Å². The third-order valence-electron chi connectivity index (χ3n) is 5.18. The van der Waals surface area contributed by atoms with E-state index in [-0.39, 0.29) is 11.6 Å². The predicted molar refractivity (Wildman–Crippen MR) is 129 cm³/mol. The fourth-order valence-corrected chi connectivity index (χ4v) is 4.32. The third kappa shape index (κ3) is 4.38. The molecule has 4 rings (SSSR count). The van der Waals surface area contributed by atoms with Gasteiger partial charge in [-0.15, -0.1) is 0 Å². The van der Waals surface area contributed by atoms with E-state index in [1.54, 1.807) is 43.5 Å². The molecule has 0 spiro atoms. The van der Waals surface area contributed by atoms with Gasteiger partial charge in [-0.05, 0) is 85.6 Å². The molecule has 0 saturated carbocycles. The van der Waals surface area contributed by atoms with Crippen molar-refractivity contribution in [1.82, 2.24) is 0 Å². The molecular formula is C25H21ClN2O3S. The van der Waals surface area contributed by atoms with Gasteiger partial charge in [0.2, 0.25) is 0 Å². The fourth-order valence-electron chi connectivity index (χ4n) is 3.26. The molecule has 3 aromatic rings. The van der Waals surface area contributed by atoms with E-state index in [2.05, 4.69) is 5.32 Å². The van der Waals surface area contributed by atoms with Crippen LogP contribution in [-0.2, 0) is 9.59 Å². The average Bonchev–Trinajstić information content (AvgIpc) is 3.01. The second-order valence-electron chi connectivity index (χ2n) is 7.33. The van der Waals surface area contributed by atoms with Gasteiger partial charge in [-0.3, -0.25) is 9.59 Å². The topological polar surface area (TPSA) is 58.6 Å². The Morgan fingerprint density at radius 1 is 0.875 bits per heavy atom. The molecule has 0 unspecified atom stereocenters. The van der Waals surface area contributed by atoms with Crippen LogP contribution in [0.3, 0.4) is 0 Å². The molecule has 0 bridgehead atoms. The highest BCUT2D eigenvalue weighted by molar-refractivity contribution is 8.04. The molecule has 0 radical (unpaired) electrons. The lowest BCUT2D eigenvalue weighted by Gasteiger charge is -2.16. The second kappa shape index (κ2) is 9.10. The van der Waals surface area contributed by atoms with E-state index in [1.165, 1.54) is 16.7 Å². The molecule has 1 heterocycles. The third-order valence-corrected chi connectivity index (χ3v) is 6.52. The molecule has 3 aromatic carbocycles. The highest BCUT2D eigenvalue weighted by Gasteiger charge is 2.40. The van der Waals surface area contributed by atoms with E-state index in [9.17, 15) is 9.59 Å². The quantitative estimate of drug-likeness (QED) is 0.456. The van der Waals surface area contributed by atoms with Gasteiger partial charge in [0, 0.05) is 15.6 Å². The lowest BCUT2D eigenvalue weighted by molar-refractivity contribution is -0.120. The Kier molecular flexibility index (Phi) is 6.26. The first-order chi connectivity index (χ1) is 15.4. The highest BCUT2D eigenvalue weighted by Crippen LogP contribution is 2.38. The molecular weight excluding hydrogens is 444 g/mol. The number of nitrogens with one attached hydrogen (secondary N) is 1. The monoisotopic (exact) mass is 464 g/mol. The first kappa shape index (κ1) is 22.0. The molecule has 7 heteroatoms. The molecule has 1 aliphatic heterocycles. The molecule has 1 aliphatic rings. The molecule has 1 N–H and O–H groups in total. The molecule has 0 aromatic heterocycles. The minimum Gasteiger partial charge on any atom is -0.497 e. The van der Waals surface area contributed by atoms with Crippen LogP contribution in [0.5, 0.6) is 5.75 Å². The maximum absolute atomic E-state index is 13.4. The molecule has 0 aliphatic carbocycles. The summed E-state index contributed by atoms with van der Waals surface area (Å²) in [4.78, 5) is 29.1. The number of carbonyl (C=O) groups is 2. The number of aryl methyl sites for hydroxylation is 2. The molecule has 0 atom stereocenters.